The number of carbonyl (C=O) groups is 1. The molecule has 2 N–H and O–H groups in total. The van der Waals surface area contributed by atoms with Crippen molar-refractivity contribution in [3.63, 3.8) is 0 Å². The number of halogens is 3. The molecule has 1 amide bonds. The van der Waals surface area contributed by atoms with Crippen LogP contribution in [0, 0.1) is 11.6 Å². The molecule has 1 atom stereocenters. The number of hydrogen-bond donors (Lipinski definition) is 2. The second-order valence-corrected chi connectivity index (χ2v) is 7.03. The van der Waals surface area contributed by atoms with Crippen LogP contribution in [0.2, 0.25) is 5.02 Å². The number of carbonyl (C=O) groups excluding carboxylic acids is 1. The Kier molecular flexibility index (Phi) is 5.53. The summed E-state index contributed by atoms with van der Waals surface area (Å²) in [5.41, 5.74) is -0.639. The van der Waals surface area contributed by atoms with Crippen LogP contribution < -0.4 is 10.0 Å². The molecule has 128 valence electrons. The van der Waals surface area contributed by atoms with Gasteiger partial charge in [0.1, 0.15) is 17.3 Å². The molecule has 5 nitrogen and oxygen atoms in total. The molecule has 0 radical (unpaired) electrons. The number of anilines is 1. The van der Waals surface area contributed by atoms with Gasteiger partial charge in [-0.3, -0.25) is 4.79 Å². The van der Waals surface area contributed by atoms with Crippen molar-refractivity contribution in [1.82, 2.24) is 4.72 Å². The van der Waals surface area contributed by atoms with Gasteiger partial charge in [0.15, 0.2) is 0 Å². The third-order valence-electron chi connectivity index (χ3n) is 3.06. The second kappa shape index (κ2) is 7.25. The van der Waals surface area contributed by atoms with Gasteiger partial charge in [-0.05, 0) is 43.3 Å². The van der Waals surface area contributed by atoms with Gasteiger partial charge in [0, 0.05) is 5.02 Å². The smallest absolute Gasteiger partial charge is 0.242 e. The summed E-state index contributed by atoms with van der Waals surface area (Å²) in [6.45, 7) is 1.25. The first-order chi connectivity index (χ1) is 11.2. The molecule has 0 aliphatic carbocycles. The molecular weight excluding hydrogens is 362 g/mol. The standard InChI is InChI=1S/C15H13ClF2N2O3S/c1-9(15(21)19-14-12(17)3-2-4-13(14)18)20-24(22,23)11-7-5-10(16)6-8-11/h2-9,20H,1H3,(H,19,21)/t9-/m1/s1. The Balaban J connectivity index is 2.12. The molecule has 0 aromatic heterocycles. The van der Waals surface area contributed by atoms with E-state index in [2.05, 4.69) is 4.72 Å². The van der Waals surface area contributed by atoms with Crippen molar-refractivity contribution >= 4 is 33.2 Å². The number of amides is 1. The maximum Gasteiger partial charge on any atom is 0.242 e. The minimum atomic E-state index is -3.99. The summed E-state index contributed by atoms with van der Waals surface area (Å²) in [5.74, 6) is -2.83. The summed E-state index contributed by atoms with van der Waals surface area (Å²) in [7, 11) is -3.99. The summed E-state index contributed by atoms with van der Waals surface area (Å²) in [5, 5.41) is 2.38. The van der Waals surface area contributed by atoms with E-state index in [4.69, 9.17) is 11.6 Å². The SMILES string of the molecule is C[C@@H](NS(=O)(=O)c1ccc(Cl)cc1)C(=O)Nc1c(F)cccc1F. The van der Waals surface area contributed by atoms with Gasteiger partial charge >= 0.3 is 0 Å². The number of rotatable bonds is 5. The van der Waals surface area contributed by atoms with Gasteiger partial charge in [0.2, 0.25) is 15.9 Å². The summed E-state index contributed by atoms with van der Waals surface area (Å²) in [6, 6.07) is 7.14. The Hall–Kier alpha value is -2.03. The largest absolute Gasteiger partial charge is 0.320 e. The molecule has 0 saturated heterocycles. The van der Waals surface area contributed by atoms with Crippen LogP contribution in [0.25, 0.3) is 0 Å². The van der Waals surface area contributed by atoms with E-state index in [0.29, 0.717) is 5.02 Å². The van der Waals surface area contributed by atoms with E-state index in [1.54, 1.807) is 0 Å². The van der Waals surface area contributed by atoms with Crippen LogP contribution >= 0.6 is 11.6 Å². The lowest BCUT2D eigenvalue weighted by molar-refractivity contribution is -0.117. The topological polar surface area (TPSA) is 75.3 Å². The van der Waals surface area contributed by atoms with Crippen LogP contribution in [-0.4, -0.2) is 20.4 Å². The van der Waals surface area contributed by atoms with Crippen LogP contribution in [0.1, 0.15) is 6.92 Å². The van der Waals surface area contributed by atoms with E-state index in [-0.39, 0.29) is 4.90 Å². The molecule has 0 aliphatic heterocycles. The number of para-hydroxylation sites is 1. The van der Waals surface area contributed by atoms with E-state index in [9.17, 15) is 22.0 Å². The number of nitrogens with one attached hydrogen (secondary N) is 2. The van der Waals surface area contributed by atoms with E-state index in [1.165, 1.54) is 31.2 Å². The van der Waals surface area contributed by atoms with E-state index >= 15 is 0 Å². The molecule has 0 aliphatic rings. The lowest BCUT2D eigenvalue weighted by Gasteiger charge is -2.15. The van der Waals surface area contributed by atoms with Crippen molar-refractivity contribution in [3.05, 3.63) is 59.1 Å². The minimum Gasteiger partial charge on any atom is -0.320 e. The maximum absolute atomic E-state index is 13.5. The highest BCUT2D eigenvalue weighted by molar-refractivity contribution is 7.89. The van der Waals surface area contributed by atoms with Crippen molar-refractivity contribution in [3.8, 4) is 0 Å². The van der Waals surface area contributed by atoms with Gasteiger partial charge in [0.25, 0.3) is 0 Å². The third-order valence-corrected chi connectivity index (χ3v) is 4.87. The van der Waals surface area contributed by atoms with Crippen LogP contribution in [0.3, 0.4) is 0 Å². The number of benzene rings is 2. The molecule has 0 fully saturated rings. The van der Waals surface area contributed by atoms with Gasteiger partial charge in [-0.1, -0.05) is 17.7 Å². The predicted octanol–water partition coefficient (Wildman–Crippen LogP) is 2.92. The Morgan fingerprint density at radius 1 is 1.08 bits per heavy atom. The fourth-order valence-corrected chi connectivity index (χ4v) is 3.15. The van der Waals surface area contributed by atoms with Crippen molar-refractivity contribution in [2.45, 2.75) is 17.9 Å². The number of hydrogen-bond acceptors (Lipinski definition) is 3. The highest BCUT2D eigenvalue weighted by Crippen LogP contribution is 2.18. The fraction of sp³-hybridized carbons (Fsp3) is 0.133. The average Bonchev–Trinajstić information content (AvgIpc) is 2.51. The predicted molar refractivity (Wildman–Crippen MR) is 86.2 cm³/mol. The zero-order valence-electron chi connectivity index (χ0n) is 12.4. The Morgan fingerprint density at radius 3 is 2.17 bits per heavy atom. The molecule has 0 unspecified atom stereocenters. The lowest BCUT2D eigenvalue weighted by Crippen LogP contribution is -2.41. The molecule has 0 saturated carbocycles. The van der Waals surface area contributed by atoms with Crippen molar-refractivity contribution < 1.29 is 22.0 Å². The molecule has 2 rings (SSSR count). The molecule has 24 heavy (non-hydrogen) atoms. The molecule has 2 aromatic carbocycles. The minimum absolute atomic E-state index is 0.0939. The van der Waals surface area contributed by atoms with Gasteiger partial charge in [0.05, 0.1) is 10.9 Å². The Bertz CT molecular complexity index is 837. The van der Waals surface area contributed by atoms with Crippen molar-refractivity contribution in [2.24, 2.45) is 0 Å². The molecule has 9 heteroatoms. The average molecular weight is 375 g/mol. The zero-order chi connectivity index (χ0) is 17.9. The van der Waals surface area contributed by atoms with Gasteiger partial charge < -0.3 is 5.32 Å². The monoisotopic (exact) mass is 374 g/mol. The summed E-state index contributed by atoms with van der Waals surface area (Å²) in [4.78, 5) is 11.9. The molecule has 0 spiro atoms. The number of sulfonamides is 1. The van der Waals surface area contributed by atoms with Crippen molar-refractivity contribution in [2.75, 3.05) is 5.32 Å². The van der Waals surface area contributed by atoms with Gasteiger partial charge in [-0.2, -0.15) is 4.72 Å². The third kappa shape index (κ3) is 4.28. The first-order valence-electron chi connectivity index (χ1n) is 6.73. The van der Waals surface area contributed by atoms with Crippen LogP contribution in [0.15, 0.2) is 47.4 Å². The first kappa shape index (κ1) is 18.3. The Labute approximate surface area is 142 Å². The van der Waals surface area contributed by atoms with E-state index < -0.39 is 39.3 Å². The Morgan fingerprint density at radius 2 is 1.62 bits per heavy atom. The molecule has 0 heterocycles. The maximum atomic E-state index is 13.5. The first-order valence-corrected chi connectivity index (χ1v) is 8.59. The summed E-state index contributed by atoms with van der Waals surface area (Å²) in [6.07, 6.45) is 0. The highest BCUT2D eigenvalue weighted by atomic mass is 35.5. The molecule has 2 aromatic rings. The van der Waals surface area contributed by atoms with E-state index in [1.807, 2.05) is 5.32 Å². The molecular formula is C15H13ClF2N2O3S. The van der Waals surface area contributed by atoms with Gasteiger partial charge in [-0.25, -0.2) is 17.2 Å². The highest BCUT2D eigenvalue weighted by Gasteiger charge is 2.23. The van der Waals surface area contributed by atoms with Crippen molar-refractivity contribution in [1.29, 1.82) is 0 Å². The van der Waals surface area contributed by atoms with E-state index in [0.717, 1.165) is 18.2 Å². The van der Waals surface area contributed by atoms with Gasteiger partial charge in [-0.15, -0.1) is 0 Å². The summed E-state index contributed by atoms with van der Waals surface area (Å²) >= 11 is 5.69. The van der Waals surface area contributed by atoms with Crippen LogP contribution in [0.5, 0.6) is 0 Å². The quantitative estimate of drug-likeness (QED) is 0.845. The fourth-order valence-electron chi connectivity index (χ4n) is 1.82. The van der Waals surface area contributed by atoms with Crippen LogP contribution in [-0.2, 0) is 14.8 Å². The second-order valence-electron chi connectivity index (χ2n) is 4.88. The molecule has 0 bridgehead atoms. The summed E-state index contributed by atoms with van der Waals surface area (Å²) < 4.78 is 53.5. The lowest BCUT2D eigenvalue weighted by atomic mass is 10.2. The zero-order valence-corrected chi connectivity index (χ0v) is 14.0. The normalized spacial score (nSPS) is 12.7. The van der Waals surface area contributed by atoms with Crippen LogP contribution in [0.4, 0.5) is 14.5 Å².